The maximum atomic E-state index is 13.1. The number of hydrogen-bond donors (Lipinski definition) is 0. The summed E-state index contributed by atoms with van der Waals surface area (Å²) in [6.07, 6.45) is 0. The van der Waals surface area contributed by atoms with Crippen LogP contribution in [0, 0.1) is 15.9 Å². The molecule has 1 aliphatic rings. The molecule has 11 heteroatoms. The summed E-state index contributed by atoms with van der Waals surface area (Å²) in [5, 5.41) is 11.2. The van der Waals surface area contributed by atoms with Crippen LogP contribution in [-0.2, 0) is 28.0 Å². The van der Waals surface area contributed by atoms with Gasteiger partial charge in [0.25, 0.3) is 15.7 Å². The number of non-ortho nitro benzene ring substituents is 1. The highest BCUT2D eigenvalue weighted by Gasteiger charge is 2.23. The molecular weight excluding hydrogens is 455 g/mol. The molecule has 9 nitrogen and oxygen atoms in total. The SMILES string of the molecule is CN(c1ccc(OCc2cc([N+](=O)[O-])cc3c2OCOC3)cc1)S(=O)(=O)c1ccc(F)cc1. The minimum absolute atomic E-state index is 0.00702. The van der Waals surface area contributed by atoms with E-state index in [1.165, 1.54) is 31.3 Å². The lowest BCUT2D eigenvalue weighted by Crippen LogP contribution is -2.26. The van der Waals surface area contributed by atoms with Gasteiger partial charge in [-0.3, -0.25) is 14.4 Å². The van der Waals surface area contributed by atoms with Gasteiger partial charge in [0.2, 0.25) is 0 Å². The highest BCUT2D eigenvalue weighted by atomic mass is 32.2. The van der Waals surface area contributed by atoms with Gasteiger partial charge in [-0.1, -0.05) is 0 Å². The van der Waals surface area contributed by atoms with Crippen LogP contribution in [0.5, 0.6) is 11.5 Å². The van der Waals surface area contributed by atoms with Crippen LogP contribution >= 0.6 is 0 Å². The molecule has 0 N–H and O–H groups in total. The summed E-state index contributed by atoms with van der Waals surface area (Å²) >= 11 is 0. The van der Waals surface area contributed by atoms with E-state index in [9.17, 15) is 22.9 Å². The number of sulfonamides is 1. The average Bonchev–Trinajstić information content (AvgIpc) is 2.82. The molecule has 3 aromatic carbocycles. The molecule has 0 bridgehead atoms. The fraction of sp³-hybridized carbons (Fsp3) is 0.182. The number of rotatable bonds is 7. The summed E-state index contributed by atoms with van der Waals surface area (Å²) in [5.74, 6) is 0.397. The molecule has 172 valence electrons. The Labute approximate surface area is 189 Å². The van der Waals surface area contributed by atoms with Crippen molar-refractivity contribution >= 4 is 21.4 Å². The molecule has 1 aliphatic heterocycles. The van der Waals surface area contributed by atoms with Crippen LogP contribution in [0.25, 0.3) is 0 Å². The Bertz CT molecular complexity index is 1280. The summed E-state index contributed by atoms with van der Waals surface area (Å²) in [6.45, 7) is 0.252. The summed E-state index contributed by atoms with van der Waals surface area (Å²) in [4.78, 5) is 10.7. The maximum Gasteiger partial charge on any atom is 0.270 e. The van der Waals surface area contributed by atoms with E-state index in [4.69, 9.17) is 14.2 Å². The molecule has 1 heterocycles. The maximum absolute atomic E-state index is 13.1. The second-order valence-corrected chi connectivity index (χ2v) is 9.14. The Kier molecular flexibility index (Phi) is 6.16. The first-order chi connectivity index (χ1) is 15.8. The van der Waals surface area contributed by atoms with E-state index in [1.54, 1.807) is 24.3 Å². The minimum Gasteiger partial charge on any atom is -0.489 e. The van der Waals surface area contributed by atoms with Crippen LogP contribution in [0.3, 0.4) is 0 Å². The lowest BCUT2D eigenvalue weighted by molar-refractivity contribution is -0.385. The summed E-state index contributed by atoms with van der Waals surface area (Å²) in [6, 6.07) is 13.6. The number of nitro groups is 1. The third-order valence-electron chi connectivity index (χ3n) is 5.05. The third kappa shape index (κ3) is 4.73. The zero-order valence-corrected chi connectivity index (χ0v) is 18.2. The molecule has 0 atom stereocenters. The normalized spacial score (nSPS) is 13.0. The molecule has 0 spiro atoms. The highest BCUT2D eigenvalue weighted by molar-refractivity contribution is 7.92. The van der Waals surface area contributed by atoms with Gasteiger partial charge in [-0.25, -0.2) is 12.8 Å². The first-order valence-electron chi connectivity index (χ1n) is 9.74. The monoisotopic (exact) mass is 474 g/mol. The number of halogens is 1. The van der Waals surface area contributed by atoms with Crippen LogP contribution in [0.4, 0.5) is 15.8 Å². The van der Waals surface area contributed by atoms with Gasteiger partial charge < -0.3 is 14.2 Å². The molecule has 0 aromatic heterocycles. The minimum atomic E-state index is -3.87. The van der Waals surface area contributed by atoms with E-state index in [0.717, 1.165) is 16.4 Å². The van der Waals surface area contributed by atoms with Gasteiger partial charge in [0, 0.05) is 30.3 Å². The van der Waals surface area contributed by atoms with E-state index >= 15 is 0 Å². The molecule has 0 saturated heterocycles. The van der Waals surface area contributed by atoms with E-state index < -0.39 is 20.8 Å². The molecule has 4 rings (SSSR count). The largest absolute Gasteiger partial charge is 0.489 e. The molecule has 0 fully saturated rings. The standard InChI is InChI=1S/C22H19FN2O7S/c1-24(33(28,29)21-8-2-17(23)3-9-21)18-4-6-20(7-5-18)31-13-16-11-19(25(26)27)10-15-12-30-14-32-22(15)16/h2-11H,12-14H2,1H3. The van der Waals surface area contributed by atoms with Crippen molar-refractivity contribution in [2.45, 2.75) is 18.1 Å². The van der Waals surface area contributed by atoms with Crippen LogP contribution in [0.15, 0.2) is 65.6 Å². The molecule has 0 amide bonds. The summed E-state index contributed by atoms with van der Waals surface area (Å²) in [7, 11) is -2.47. The van der Waals surface area contributed by atoms with Gasteiger partial charge in [0.05, 0.1) is 22.1 Å². The number of nitrogens with zero attached hydrogens (tertiary/aromatic N) is 2. The number of anilines is 1. The Balaban J connectivity index is 1.50. The molecule has 33 heavy (non-hydrogen) atoms. The van der Waals surface area contributed by atoms with Gasteiger partial charge in [0.15, 0.2) is 6.79 Å². The van der Waals surface area contributed by atoms with Crippen molar-refractivity contribution in [3.63, 3.8) is 0 Å². The Morgan fingerprint density at radius 3 is 2.48 bits per heavy atom. The van der Waals surface area contributed by atoms with Crippen molar-refractivity contribution in [2.75, 3.05) is 18.1 Å². The fourth-order valence-electron chi connectivity index (χ4n) is 3.31. The zero-order valence-electron chi connectivity index (χ0n) is 17.4. The van der Waals surface area contributed by atoms with Crippen molar-refractivity contribution in [2.24, 2.45) is 0 Å². The van der Waals surface area contributed by atoms with Crippen LogP contribution in [-0.4, -0.2) is 27.2 Å². The number of nitro benzene ring substituents is 1. The third-order valence-corrected chi connectivity index (χ3v) is 6.85. The fourth-order valence-corrected chi connectivity index (χ4v) is 4.51. The zero-order chi connectivity index (χ0) is 23.6. The summed E-state index contributed by atoms with van der Waals surface area (Å²) in [5.41, 5.74) is 1.35. The van der Waals surface area contributed by atoms with Crippen molar-refractivity contribution < 1.29 is 31.9 Å². The first kappa shape index (κ1) is 22.5. The predicted molar refractivity (Wildman–Crippen MR) is 116 cm³/mol. The van der Waals surface area contributed by atoms with Gasteiger partial charge in [-0.15, -0.1) is 0 Å². The van der Waals surface area contributed by atoms with Crippen molar-refractivity contribution in [1.82, 2.24) is 0 Å². The summed E-state index contributed by atoms with van der Waals surface area (Å²) < 4.78 is 56.2. The number of hydrogen-bond acceptors (Lipinski definition) is 7. The molecule has 0 unspecified atom stereocenters. The van der Waals surface area contributed by atoms with E-state index in [2.05, 4.69) is 0 Å². The predicted octanol–water partition coefficient (Wildman–Crippen LogP) is 4.00. The molecule has 0 radical (unpaired) electrons. The smallest absolute Gasteiger partial charge is 0.270 e. The van der Waals surface area contributed by atoms with Crippen molar-refractivity contribution in [3.05, 3.63) is 87.7 Å². The molecular formula is C22H19FN2O7S. The average molecular weight is 474 g/mol. The van der Waals surface area contributed by atoms with Gasteiger partial charge in [-0.2, -0.15) is 0 Å². The van der Waals surface area contributed by atoms with Gasteiger partial charge >= 0.3 is 0 Å². The number of ether oxygens (including phenoxy) is 3. The van der Waals surface area contributed by atoms with Crippen molar-refractivity contribution in [3.8, 4) is 11.5 Å². The topological polar surface area (TPSA) is 108 Å². The van der Waals surface area contributed by atoms with Crippen LogP contribution in [0.1, 0.15) is 11.1 Å². The van der Waals surface area contributed by atoms with E-state index in [0.29, 0.717) is 28.3 Å². The first-order valence-corrected chi connectivity index (χ1v) is 11.2. The van der Waals surface area contributed by atoms with Crippen LogP contribution in [0.2, 0.25) is 0 Å². The number of fused-ring (bicyclic) bond motifs is 1. The van der Waals surface area contributed by atoms with Crippen molar-refractivity contribution in [1.29, 1.82) is 0 Å². The Hall–Kier alpha value is -3.70. The lowest BCUT2D eigenvalue weighted by Gasteiger charge is -2.21. The van der Waals surface area contributed by atoms with E-state index in [1.807, 2.05) is 0 Å². The number of benzene rings is 3. The van der Waals surface area contributed by atoms with Gasteiger partial charge in [-0.05, 0) is 48.5 Å². The molecule has 0 aliphatic carbocycles. The molecule has 3 aromatic rings. The lowest BCUT2D eigenvalue weighted by atomic mass is 10.1. The highest BCUT2D eigenvalue weighted by Crippen LogP contribution is 2.33. The van der Waals surface area contributed by atoms with E-state index in [-0.39, 0.29) is 30.6 Å². The van der Waals surface area contributed by atoms with Crippen LogP contribution < -0.4 is 13.8 Å². The van der Waals surface area contributed by atoms with Gasteiger partial charge in [0.1, 0.15) is 23.9 Å². The molecule has 0 saturated carbocycles. The Morgan fingerprint density at radius 2 is 1.82 bits per heavy atom. The quantitative estimate of drug-likeness (QED) is 0.376. The second kappa shape index (κ2) is 9.04. The Morgan fingerprint density at radius 1 is 1.12 bits per heavy atom. The second-order valence-electron chi connectivity index (χ2n) is 7.17.